The Morgan fingerprint density at radius 1 is 1.45 bits per heavy atom. The zero-order valence-corrected chi connectivity index (χ0v) is 11.0. The van der Waals surface area contributed by atoms with Crippen LogP contribution in [0.5, 0.6) is 0 Å². The molecular formula is C15H15FN4. The summed E-state index contributed by atoms with van der Waals surface area (Å²) in [7, 11) is 0. The first kappa shape index (κ1) is 12.8. The third-order valence-electron chi connectivity index (χ3n) is 3.47. The minimum absolute atomic E-state index is 0.0836. The van der Waals surface area contributed by atoms with E-state index in [-0.39, 0.29) is 5.56 Å². The molecule has 0 unspecified atom stereocenters. The molecule has 20 heavy (non-hydrogen) atoms. The lowest BCUT2D eigenvalue weighted by Crippen LogP contribution is -2.19. The van der Waals surface area contributed by atoms with Gasteiger partial charge < -0.3 is 9.88 Å². The second-order valence-corrected chi connectivity index (χ2v) is 5.02. The molecule has 0 saturated heterocycles. The Kier molecular flexibility index (Phi) is 3.48. The third-order valence-corrected chi connectivity index (χ3v) is 3.47. The topological polar surface area (TPSA) is 53.6 Å². The molecule has 0 radical (unpaired) electrons. The fraction of sp³-hybridized carbons (Fsp3) is 0.333. The molecule has 1 fully saturated rings. The highest BCUT2D eigenvalue weighted by Gasteiger charge is 2.21. The van der Waals surface area contributed by atoms with E-state index in [0.29, 0.717) is 24.7 Å². The Morgan fingerprint density at radius 2 is 2.30 bits per heavy atom. The van der Waals surface area contributed by atoms with Crippen molar-refractivity contribution in [2.45, 2.75) is 32.0 Å². The van der Waals surface area contributed by atoms with Crippen LogP contribution in [0.25, 0.3) is 0 Å². The van der Waals surface area contributed by atoms with Gasteiger partial charge in [-0.05, 0) is 18.9 Å². The number of imidazole rings is 1. The number of nitrogens with zero attached hydrogens (tertiary/aromatic N) is 3. The Hall–Kier alpha value is -2.19. The smallest absolute Gasteiger partial charge is 0.145 e. The van der Waals surface area contributed by atoms with Gasteiger partial charge in [-0.3, -0.25) is 0 Å². The summed E-state index contributed by atoms with van der Waals surface area (Å²) in [6.45, 7) is 1.08. The van der Waals surface area contributed by atoms with Crippen LogP contribution in [0.15, 0.2) is 30.6 Å². The third kappa shape index (κ3) is 2.70. The van der Waals surface area contributed by atoms with Crippen molar-refractivity contribution in [2.75, 3.05) is 0 Å². The van der Waals surface area contributed by atoms with Gasteiger partial charge in [0.2, 0.25) is 0 Å². The number of benzene rings is 1. The van der Waals surface area contributed by atoms with Gasteiger partial charge in [0.25, 0.3) is 0 Å². The van der Waals surface area contributed by atoms with E-state index in [9.17, 15) is 4.39 Å². The van der Waals surface area contributed by atoms with E-state index >= 15 is 0 Å². The summed E-state index contributed by atoms with van der Waals surface area (Å²) < 4.78 is 16.0. The second-order valence-electron chi connectivity index (χ2n) is 5.02. The molecule has 5 heteroatoms. The summed E-state index contributed by atoms with van der Waals surface area (Å²) in [6, 6.07) is 7.37. The maximum Gasteiger partial charge on any atom is 0.145 e. The molecule has 0 atom stereocenters. The first-order chi connectivity index (χ1) is 9.78. The predicted molar refractivity (Wildman–Crippen MR) is 72.3 cm³/mol. The van der Waals surface area contributed by atoms with Gasteiger partial charge in [0.1, 0.15) is 17.7 Å². The molecule has 1 aliphatic rings. The fourth-order valence-corrected chi connectivity index (χ4v) is 2.15. The minimum Gasteiger partial charge on any atom is -0.329 e. The number of aromatic nitrogens is 2. The van der Waals surface area contributed by atoms with Crippen molar-refractivity contribution in [3.05, 3.63) is 53.4 Å². The Bertz CT molecular complexity index is 652. The van der Waals surface area contributed by atoms with Crippen molar-refractivity contribution in [3.8, 4) is 6.07 Å². The molecule has 0 bridgehead atoms. The molecule has 0 spiro atoms. The van der Waals surface area contributed by atoms with Crippen molar-refractivity contribution < 1.29 is 4.39 Å². The summed E-state index contributed by atoms with van der Waals surface area (Å²) >= 11 is 0. The number of hydrogen-bond acceptors (Lipinski definition) is 3. The molecule has 1 aromatic heterocycles. The van der Waals surface area contributed by atoms with Crippen LogP contribution in [-0.4, -0.2) is 15.6 Å². The summed E-state index contributed by atoms with van der Waals surface area (Å²) in [5, 5.41) is 12.2. The van der Waals surface area contributed by atoms with Gasteiger partial charge in [-0.15, -0.1) is 0 Å². The number of halogens is 1. The van der Waals surface area contributed by atoms with Gasteiger partial charge in [-0.25, -0.2) is 9.37 Å². The average molecular weight is 270 g/mol. The molecule has 1 saturated carbocycles. The van der Waals surface area contributed by atoms with Crippen LogP contribution in [0.2, 0.25) is 0 Å². The molecule has 1 heterocycles. The van der Waals surface area contributed by atoms with E-state index in [2.05, 4.69) is 10.3 Å². The quantitative estimate of drug-likeness (QED) is 0.906. The van der Waals surface area contributed by atoms with E-state index in [0.717, 1.165) is 5.82 Å². The Labute approximate surface area is 116 Å². The molecule has 102 valence electrons. The van der Waals surface area contributed by atoms with Crippen molar-refractivity contribution in [2.24, 2.45) is 0 Å². The average Bonchev–Trinajstić information content (AvgIpc) is 3.19. The van der Waals surface area contributed by atoms with Crippen molar-refractivity contribution in [1.82, 2.24) is 14.9 Å². The highest BCUT2D eigenvalue weighted by Crippen LogP contribution is 2.19. The molecular weight excluding hydrogens is 255 g/mol. The lowest BCUT2D eigenvalue weighted by Gasteiger charge is -2.10. The van der Waals surface area contributed by atoms with Crippen molar-refractivity contribution >= 4 is 0 Å². The largest absolute Gasteiger partial charge is 0.329 e. The van der Waals surface area contributed by atoms with E-state index < -0.39 is 5.82 Å². The summed E-state index contributed by atoms with van der Waals surface area (Å²) in [5.41, 5.74) is 0.593. The Balaban J connectivity index is 1.77. The maximum atomic E-state index is 14.0. The van der Waals surface area contributed by atoms with Gasteiger partial charge in [-0.1, -0.05) is 12.1 Å². The molecule has 0 amide bonds. The van der Waals surface area contributed by atoms with Crippen LogP contribution in [0.4, 0.5) is 4.39 Å². The van der Waals surface area contributed by atoms with Gasteiger partial charge >= 0.3 is 0 Å². The number of nitriles is 1. The molecule has 1 N–H and O–H groups in total. The van der Waals surface area contributed by atoms with Crippen LogP contribution < -0.4 is 5.32 Å². The monoisotopic (exact) mass is 270 g/mol. The second kappa shape index (κ2) is 5.43. The van der Waals surface area contributed by atoms with E-state index in [1.54, 1.807) is 18.3 Å². The zero-order valence-electron chi connectivity index (χ0n) is 11.0. The molecule has 2 aromatic rings. The molecule has 1 aliphatic carbocycles. The van der Waals surface area contributed by atoms with Crippen LogP contribution in [0.3, 0.4) is 0 Å². The molecule has 3 rings (SSSR count). The van der Waals surface area contributed by atoms with E-state index in [1.807, 2.05) is 16.8 Å². The number of hydrogen-bond donors (Lipinski definition) is 1. The van der Waals surface area contributed by atoms with E-state index in [1.165, 1.54) is 18.9 Å². The van der Waals surface area contributed by atoms with Gasteiger partial charge in [0, 0.05) is 24.0 Å². The number of nitrogens with one attached hydrogen (secondary N) is 1. The van der Waals surface area contributed by atoms with Crippen molar-refractivity contribution in [3.63, 3.8) is 0 Å². The SMILES string of the molecule is N#Cc1cccc(Cn2ccnc2CNC2CC2)c1F. The van der Waals surface area contributed by atoms with Crippen molar-refractivity contribution in [1.29, 1.82) is 5.26 Å². The fourth-order valence-electron chi connectivity index (χ4n) is 2.15. The first-order valence-corrected chi connectivity index (χ1v) is 6.69. The summed E-state index contributed by atoms with van der Waals surface area (Å²) in [5.74, 6) is 0.448. The highest BCUT2D eigenvalue weighted by atomic mass is 19.1. The van der Waals surface area contributed by atoms with Crippen LogP contribution in [-0.2, 0) is 13.1 Å². The maximum absolute atomic E-state index is 14.0. The zero-order chi connectivity index (χ0) is 13.9. The highest BCUT2D eigenvalue weighted by molar-refractivity contribution is 5.35. The Morgan fingerprint density at radius 3 is 3.05 bits per heavy atom. The minimum atomic E-state index is -0.440. The standard InChI is InChI=1S/C15H15FN4/c16-15-11(8-17)2-1-3-12(15)10-20-7-6-18-14(20)9-19-13-4-5-13/h1-3,6-7,13,19H,4-5,9-10H2. The number of rotatable bonds is 5. The normalized spacial score (nSPS) is 14.2. The van der Waals surface area contributed by atoms with Gasteiger partial charge in [0.05, 0.1) is 18.7 Å². The molecule has 4 nitrogen and oxygen atoms in total. The van der Waals surface area contributed by atoms with Gasteiger partial charge in [-0.2, -0.15) is 5.26 Å². The molecule has 1 aromatic carbocycles. The van der Waals surface area contributed by atoms with E-state index in [4.69, 9.17) is 5.26 Å². The van der Waals surface area contributed by atoms with Crippen LogP contribution in [0, 0.1) is 17.1 Å². The van der Waals surface area contributed by atoms with Gasteiger partial charge in [0.15, 0.2) is 0 Å². The van der Waals surface area contributed by atoms with Crippen LogP contribution in [0.1, 0.15) is 29.8 Å². The first-order valence-electron chi connectivity index (χ1n) is 6.69. The summed E-state index contributed by atoms with van der Waals surface area (Å²) in [4.78, 5) is 4.30. The molecule has 0 aliphatic heterocycles. The predicted octanol–water partition coefficient (Wildman–Crippen LogP) is 2.19. The lowest BCUT2D eigenvalue weighted by atomic mass is 10.1. The van der Waals surface area contributed by atoms with Crippen LogP contribution >= 0.6 is 0 Å². The lowest BCUT2D eigenvalue weighted by molar-refractivity contribution is 0.579. The summed E-state index contributed by atoms with van der Waals surface area (Å²) in [6.07, 6.45) is 6.00.